The first-order chi connectivity index (χ1) is 15.0. The van der Waals surface area contributed by atoms with E-state index >= 15 is 0 Å². The topological polar surface area (TPSA) is 65.4 Å². The van der Waals surface area contributed by atoms with Gasteiger partial charge in [0.05, 0.1) is 25.4 Å². The van der Waals surface area contributed by atoms with Crippen LogP contribution in [0.3, 0.4) is 0 Å². The highest BCUT2D eigenvalue weighted by Gasteiger charge is 2.22. The minimum absolute atomic E-state index is 0.220. The van der Waals surface area contributed by atoms with E-state index in [1.165, 1.54) is 0 Å². The summed E-state index contributed by atoms with van der Waals surface area (Å²) in [4.78, 5) is 13.1. The maximum Gasteiger partial charge on any atom is 0.249 e. The Morgan fingerprint density at radius 3 is 2.52 bits per heavy atom. The minimum Gasteiger partial charge on any atom is -0.497 e. The van der Waals surface area contributed by atoms with Gasteiger partial charge in [0.2, 0.25) is 5.91 Å². The second-order valence-corrected chi connectivity index (χ2v) is 7.49. The molecule has 1 unspecified atom stereocenters. The molecule has 0 spiro atoms. The molecule has 3 aromatic carbocycles. The summed E-state index contributed by atoms with van der Waals surface area (Å²) in [6, 6.07) is 20.1. The highest BCUT2D eigenvalue weighted by Crippen LogP contribution is 2.33. The number of methoxy groups -OCH3 is 2. The molecule has 6 nitrogen and oxygen atoms in total. The van der Waals surface area contributed by atoms with E-state index in [0.29, 0.717) is 22.2 Å². The number of anilines is 1. The molecule has 0 aliphatic carbocycles. The summed E-state index contributed by atoms with van der Waals surface area (Å²) in [5.74, 6) is 0.940. The van der Waals surface area contributed by atoms with Crippen LogP contribution in [0.4, 0.5) is 5.69 Å². The standard InChI is InChI=1S/C24H22ClN3O3/c1-15(24(29)26-20-11-10-18(30-2)14-22(20)31-3)28-21-12-9-17(25)13-19(21)23(27-28)16-7-5-4-6-8-16/h4-15H,1-3H3,(H,26,29). The zero-order valence-corrected chi connectivity index (χ0v) is 18.2. The van der Waals surface area contributed by atoms with Crippen molar-refractivity contribution in [2.24, 2.45) is 0 Å². The van der Waals surface area contributed by atoms with Crippen LogP contribution < -0.4 is 14.8 Å². The second kappa shape index (κ2) is 8.70. The van der Waals surface area contributed by atoms with Crippen LogP contribution >= 0.6 is 11.6 Å². The molecule has 0 aliphatic heterocycles. The first-order valence-electron chi connectivity index (χ1n) is 9.78. The lowest BCUT2D eigenvalue weighted by atomic mass is 10.1. The molecule has 0 fully saturated rings. The van der Waals surface area contributed by atoms with Gasteiger partial charge in [-0.05, 0) is 37.3 Å². The lowest BCUT2D eigenvalue weighted by molar-refractivity contribution is -0.119. The Morgan fingerprint density at radius 2 is 1.81 bits per heavy atom. The SMILES string of the molecule is COc1ccc(NC(=O)C(C)n2nc(-c3ccccc3)c3cc(Cl)ccc32)c(OC)c1. The third-order valence-corrected chi connectivity index (χ3v) is 5.36. The highest BCUT2D eigenvalue weighted by molar-refractivity contribution is 6.31. The van der Waals surface area contributed by atoms with E-state index in [9.17, 15) is 4.79 Å². The Hall–Kier alpha value is -3.51. The number of aromatic nitrogens is 2. The van der Waals surface area contributed by atoms with Crippen LogP contribution in [-0.2, 0) is 4.79 Å². The molecule has 0 saturated heterocycles. The van der Waals surface area contributed by atoms with Gasteiger partial charge in [-0.3, -0.25) is 9.48 Å². The number of halogens is 1. The van der Waals surface area contributed by atoms with Crippen molar-refractivity contribution < 1.29 is 14.3 Å². The zero-order valence-electron chi connectivity index (χ0n) is 17.4. The zero-order chi connectivity index (χ0) is 22.0. The maximum absolute atomic E-state index is 13.1. The van der Waals surface area contributed by atoms with Gasteiger partial charge >= 0.3 is 0 Å². The predicted octanol–water partition coefficient (Wildman–Crippen LogP) is 5.57. The van der Waals surface area contributed by atoms with Crippen molar-refractivity contribution in [2.45, 2.75) is 13.0 Å². The van der Waals surface area contributed by atoms with Crippen molar-refractivity contribution in [2.75, 3.05) is 19.5 Å². The van der Waals surface area contributed by atoms with Crippen molar-refractivity contribution >= 4 is 34.1 Å². The van der Waals surface area contributed by atoms with Crippen LogP contribution in [0.2, 0.25) is 5.02 Å². The lowest BCUT2D eigenvalue weighted by Crippen LogP contribution is -2.24. The Labute approximate surface area is 185 Å². The number of hydrogen-bond donors (Lipinski definition) is 1. The average molecular weight is 436 g/mol. The van der Waals surface area contributed by atoms with Gasteiger partial charge < -0.3 is 14.8 Å². The smallest absolute Gasteiger partial charge is 0.249 e. The van der Waals surface area contributed by atoms with Crippen molar-refractivity contribution in [3.63, 3.8) is 0 Å². The lowest BCUT2D eigenvalue weighted by Gasteiger charge is -2.16. The van der Waals surface area contributed by atoms with Crippen LogP contribution in [-0.4, -0.2) is 29.9 Å². The van der Waals surface area contributed by atoms with E-state index in [4.69, 9.17) is 26.2 Å². The van der Waals surface area contributed by atoms with Gasteiger partial charge in [-0.15, -0.1) is 0 Å². The molecule has 1 N–H and O–H groups in total. The molecule has 1 atom stereocenters. The summed E-state index contributed by atoms with van der Waals surface area (Å²) in [6.07, 6.45) is 0. The number of amides is 1. The number of nitrogens with one attached hydrogen (secondary N) is 1. The molecule has 7 heteroatoms. The van der Waals surface area contributed by atoms with E-state index in [1.807, 2.05) is 42.5 Å². The molecule has 0 saturated carbocycles. The first-order valence-corrected chi connectivity index (χ1v) is 10.2. The van der Waals surface area contributed by atoms with E-state index in [1.54, 1.807) is 50.1 Å². The van der Waals surface area contributed by atoms with E-state index in [0.717, 1.165) is 22.2 Å². The fourth-order valence-corrected chi connectivity index (χ4v) is 3.64. The van der Waals surface area contributed by atoms with Gasteiger partial charge in [-0.2, -0.15) is 5.10 Å². The molecular weight excluding hydrogens is 414 g/mol. The van der Waals surface area contributed by atoms with Crippen molar-refractivity contribution in [3.8, 4) is 22.8 Å². The predicted molar refractivity (Wildman–Crippen MR) is 123 cm³/mol. The molecule has 0 bridgehead atoms. The maximum atomic E-state index is 13.1. The summed E-state index contributed by atoms with van der Waals surface area (Å²) in [6.45, 7) is 1.81. The van der Waals surface area contributed by atoms with Gasteiger partial charge in [0.25, 0.3) is 0 Å². The summed E-state index contributed by atoms with van der Waals surface area (Å²) in [7, 11) is 3.12. The average Bonchev–Trinajstić information content (AvgIpc) is 3.17. The number of carbonyl (C=O) groups is 1. The summed E-state index contributed by atoms with van der Waals surface area (Å²) >= 11 is 6.25. The van der Waals surface area contributed by atoms with Crippen LogP contribution in [0.25, 0.3) is 22.2 Å². The molecule has 4 aromatic rings. The van der Waals surface area contributed by atoms with E-state index in [-0.39, 0.29) is 5.91 Å². The van der Waals surface area contributed by atoms with Crippen LogP contribution in [0.5, 0.6) is 11.5 Å². The van der Waals surface area contributed by atoms with Crippen LogP contribution in [0.15, 0.2) is 66.7 Å². The number of fused-ring (bicyclic) bond motifs is 1. The quantitative estimate of drug-likeness (QED) is 0.429. The molecule has 1 heterocycles. The number of ether oxygens (including phenoxy) is 2. The van der Waals surface area contributed by atoms with Crippen LogP contribution in [0.1, 0.15) is 13.0 Å². The largest absolute Gasteiger partial charge is 0.497 e. The Morgan fingerprint density at radius 1 is 1.03 bits per heavy atom. The van der Waals surface area contributed by atoms with E-state index < -0.39 is 6.04 Å². The number of hydrogen-bond acceptors (Lipinski definition) is 4. The number of nitrogens with zero attached hydrogens (tertiary/aromatic N) is 2. The molecule has 1 amide bonds. The summed E-state index contributed by atoms with van der Waals surface area (Å²) in [5, 5.41) is 9.21. The van der Waals surface area contributed by atoms with Crippen molar-refractivity contribution in [3.05, 3.63) is 71.8 Å². The van der Waals surface area contributed by atoms with Crippen molar-refractivity contribution in [1.82, 2.24) is 9.78 Å². The van der Waals surface area contributed by atoms with Gasteiger partial charge in [0.1, 0.15) is 23.2 Å². The van der Waals surface area contributed by atoms with Gasteiger partial charge in [-0.25, -0.2) is 0 Å². The normalized spacial score (nSPS) is 11.9. The second-order valence-electron chi connectivity index (χ2n) is 7.05. The van der Waals surface area contributed by atoms with E-state index in [2.05, 4.69) is 5.32 Å². The molecule has 4 rings (SSSR count). The Kier molecular flexibility index (Phi) is 5.82. The van der Waals surface area contributed by atoms with Crippen LogP contribution in [0, 0.1) is 0 Å². The van der Waals surface area contributed by atoms with Gasteiger partial charge in [0.15, 0.2) is 0 Å². The molecule has 1 aromatic heterocycles. The molecule has 0 aliphatic rings. The van der Waals surface area contributed by atoms with Gasteiger partial charge in [-0.1, -0.05) is 41.9 Å². The molecule has 158 valence electrons. The number of rotatable bonds is 6. The molecule has 31 heavy (non-hydrogen) atoms. The fraction of sp³-hybridized carbons (Fsp3) is 0.167. The molecular formula is C24H22ClN3O3. The number of carbonyl (C=O) groups excluding carboxylic acids is 1. The Balaban J connectivity index is 1.71. The summed E-state index contributed by atoms with van der Waals surface area (Å²) < 4.78 is 12.3. The fourth-order valence-electron chi connectivity index (χ4n) is 3.47. The third kappa shape index (κ3) is 4.07. The van der Waals surface area contributed by atoms with Gasteiger partial charge in [0, 0.05) is 22.0 Å². The molecule has 0 radical (unpaired) electrons. The monoisotopic (exact) mass is 435 g/mol. The third-order valence-electron chi connectivity index (χ3n) is 5.13. The first kappa shape index (κ1) is 20.8. The highest BCUT2D eigenvalue weighted by atomic mass is 35.5. The Bertz CT molecular complexity index is 1240. The number of benzene rings is 3. The van der Waals surface area contributed by atoms with Crippen molar-refractivity contribution in [1.29, 1.82) is 0 Å². The minimum atomic E-state index is -0.576. The summed E-state index contributed by atoms with van der Waals surface area (Å²) in [5.41, 5.74) is 3.12.